The number of para-hydroxylation sites is 1. The lowest BCUT2D eigenvalue weighted by Gasteiger charge is -2.32. The number of carbonyl (C=O) groups is 1. The molecule has 116 valence electrons. The highest BCUT2D eigenvalue weighted by molar-refractivity contribution is 6.01. The van der Waals surface area contributed by atoms with Crippen LogP contribution < -0.4 is 4.90 Å². The average molecular weight is 304 g/mol. The molecule has 2 heterocycles. The molecule has 1 unspecified atom stereocenters. The van der Waals surface area contributed by atoms with E-state index in [1.807, 2.05) is 6.07 Å². The molecule has 3 heteroatoms. The molecular formula is C20H20N2O. The zero-order valence-electron chi connectivity index (χ0n) is 13.0. The minimum atomic E-state index is 0.140. The third kappa shape index (κ3) is 2.52. The first-order valence-corrected chi connectivity index (χ1v) is 8.23. The molecule has 2 aromatic carbocycles. The third-order valence-corrected chi connectivity index (χ3v) is 4.71. The molecule has 23 heavy (non-hydrogen) atoms. The van der Waals surface area contributed by atoms with Gasteiger partial charge in [0, 0.05) is 35.5 Å². The summed E-state index contributed by atoms with van der Waals surface area (Å²) in [6, 6.07) is 18.9. The topological polar surface area (TPSA) is 36.1 Å². The van der Waals surface area contributed by atoms with Crippen molar-refractivity contribution >= 4 is 22.9 Å². The number of aldehydes is 1. The second-order valence-corrected chi connectivity index (χ2v) is 6.24. The van der Waals surface area contributed by atoms with E-state index in [-0.39, 0.29) is 5.92 Å². The van der Waals surface area contributed by atoms with Gasteiger partial charge in [0.25, 0.3) is 0 Å². The molecule has 1 saturated heterocycles. The number of rotatable bonds is 3. The normalized spacial score (nSPS) is 18.3. The largest absolute Gasteiger partial charge is 0.369 e. The molecule has 1 aliphatic rings. The fourth-order valence-electron chi connectivity index (χ4n) is 3.59. The van der Waals surface area contributed by atoms with Gasteiger partial charge in [-0.1, -0.05) is 48.5 Å². The molecule has 0 radical (unpaired) electrons. The highest BCUT2D eigenvalue weighted by atomic mass is 16.1. The van der Waals surface area contributed by atoms with Gasteiger partial charge in [0.2, 0.25) is 0 Å². The SMILES string of the molecule is O=CC1CCCN(c2c(-c3ccccc3)[nH]c3ccccc23)C1. The highest BCUT2D eigenvalue weighted by Gasteiger charge is 2.24. The van der Waals surface area contributed by atoms with Gasteiger partial charge in [-0.3, -0.25) is 0 Å². The van der Waals surface area contributed by atoms with Crippen LogP contribution in [-0.2, 0) is 4.79 Å². The predicted molar refractivity (Wildman–Crippen MR) is 94.7 cm³/mol. The number of benzene rings is 2. The molecule has 1 aromatic heterocycles. The number of hydrogen-bond acceptors (Lipinski definition) is 2. The summed E-state index contributed by atoms with van der Waals surface area (Å²) in [6.45, 7) is 1.82. The standard InChI is InChI=1S/C20H20N2O/c23-14-15-7-6-12-22(13-15)20-17-10-4-5-11-18(17)21-19(20)16-8-2-1-3-9-16/h1-5,8-11,14-15,21H,6-7,12-13H2. The Morgan fingerprint density at radius 1 is 1.04 bits per heavy atom. The fraction of sp³-hybridized carbons (Fsp3) is 0.250. The van der Waals surface area contributed by atoms with Crippen LogP contribution in [0.15, 0.2) is 54.6 Å². The van der Waals surface area contributed by atoms with Crippen molar-refractivity contribution in [1.82, 2.24) is 4.98 Å². The van der Waals surface area contributed by atoms with Crippen LogP contribution in [0.2, 0.25) is 0 Å². The minimum Gasteiger partial charge on any atom is -0.369 e. The van der Waals surface area contributed by atoms with Crippen molar-refractivity contribution < 1.29 is 4.79 Å². The zero-order chi connectivity index (χ0) is 15.6. The van der Waals surface area contributed by atoms with Crippen LogP contribution in [0.5, 0.6) is 0 Å². The molecule has 1 aliphatic heterocycles. The van der Waals surface area contributed by atoms with Crippen molar-refractivity contribution in [3.05, 3.63) is 54.6 Å². The number of carbonyl (C=O) groups excluding carboxylic acids is 1. The fourth-order valence-corrected chi connectivity index (χ4v) is 3.59. The number of anilines is 1. The van der Waals surface area contributed by atoms with Gasteiger partial charge in [-0.05, 0) is 18.9 Å². The second kappa shape index (κ2) is 5.92. The Hall–Kier alpha value is -2.55. The van der Waals surface area contributed by atoms with E-state index in [9.17, 15) is 4.79 Å². The highest BCUT2D eigenvalue weighted by Crippen LogP contribution is 2.39. The average Bonchev–Trinajstić information content (AvgIpc) is 3.02. The number of aromatic nitrogens is 1. The van der Waals surface area contributed by atoms with Gasteiger partial charge >= 0.3 is 0 Å². The second-order valence-electron chi connectivity index (χ2n) is 6.24. The Balaban J connectivity index is 1.88. The van der Waals surface area contributed by atoms with Gasteiger partial charge < -0.3 is 14.7 Å². The molecule has 1 fully saturated rings. The van der Waals surface area contributed by atoms with Gasteiger partial charge in [0.1, 0.15) is 6.29 Å². The summed E-state index contributed by atoms with van der Waals surface area (Å²) in [4.78, 5) is 17.2. The van der Waals surface area contributed by atoms with E-state index in [4.69, 9.17) is 0 Å². The molecule has 0 saturated carbocycles. The summed E-state index contributed by atoms with van der Waals surface area (Å²) in [5.74, 6) is 0.140. The van der Waals surface area contributed by atoms with Gasteiger partial charge in [-0.2, -0.15) is 0 Å². The van der Waals surface area contributed by atoms with E-state index in [0.717, 1.165) is 43.4 Å². The van der Waals surface area contributed by atoms with Gasteiger partial charge in [0.15, 0.2) is 0 Å². The van der Waals surface area contributed by atoms with Crippen LogP contribution in [0, 0.1) is 5.92 Å². The maximum atomic E-state index is 11.3. The van der Waals surface area contributed by atoms with E-state index < -0.39 is 0 Å². The molecule has 4 rings (SSSR count). The summed E-state index contributed by atoms with van der Waals surface area (Å²) in [6.07, 6.45) is 3.18. The van der Waals surface area contributed by atoms with Crippen molar-refractivity contribution in [2.24, 2.45) is 5.92 Å². The number of hydrogen-bond donors (Lipinski definition) is 1. The molecule has 0 aliphatic carbocycles. The summed E-state index contributed by atoms with van der Waals surface area (Å²) >= 11 is 0. The lowest BCUT2D eigenvalue weighted by Crippen LogP contribution is -2.36. The van der Waals surface area contributed by atoms with E-state index in [1.54, 1.807) is 0 Å². The maximum absolute atomic E-state index is 11.3. The van der Waals surface area contributed by atoms with Crippen molar-refractivity contribution in [1.29, 1.82) is 0 Å². The number of nitrogens with one attached hydrogen (secondary N) is 1. The third-order valence-electron chi connectivity index (χ3n) is 4.71. The van der Waals surface area contributed by atoms with E-state index in [0.29, 0.717) is 0 Å². The predicted octanol–water partition coefficient (Wildman–Crippen LogP) is 4.25. The van der Waals surface area contributed by atoms with Crippen LogP contribution in [0.25, 0.3) is 22.2 Å². The zero-order valence-corrected chi connectivity index (χ0v) is 13.0. The van der Waals surface area contributed by atoms with Gasteiger partial charge in [-0.25, -0.2) is 0 Å². The summed E-state index contributed by atoms with van der Waals surface area (Å²) in [5.41, 5.74) is 4.72. The van der Waals surface area contributed by atoms with Crippen LogP contribution >= 0.6 is 0 Å². The van der Waals surface area contributed by atoms with Gasteiger partial charge in [0.05, 0.1) is 11.4 Å². The Labute approximate surface area is 135 Å². The smallest absolute Gasteiger partial charge is 0.124 e. The van der Waals surface area contributed by atoms with Crippen molar-refractivity contribution in [2.45, 2.75) is 12.8 Å². The molecule has 1 atom stereocenters. The minimum absolute atomic E-state index is 0.140. The first-order chi connectivity index (χ1) is 11.4. The number of aromatic amines is 1. The lowest BCUT2D eigenvalue weighted by atomic mass is 9.98. The Morgan fingerprint density at radius 2 is 1.83 bits per heavy atom. The number of fused-ring (bicyclic) bond motifs is 1. The summed E-state index contributed by atoms with van der Waals surface area (Å²) in [7, 11) is 0. The molecule has 1 N–H and O–H groups in total. The molecule has 0 bridgehead atoms. The number of nitrogens with zero attached hydrogens (tertiary/aromatic N) is 1. The number of piperidine rings is 1. The lowest BCUT2D eigenvalue weighted by molar-refractivity contribution is -0.111. The van der Waals surface area contributed by atoms with E-state index in [1.165, 1.54) is 16.6 Å². The van der Waals surface area contributed by atoms with Crippen molar-refractivity contribution in [3.63, 3.8) is 0 Å². The molecule has 0 amide bonds. The Morgan fingerprint density at radius 3 is 2.65 bits per heavy atom. The molecule has 3 nitrogen and oxygen atoms in total. The first-order valence-electron chi connectivity index (χ1n) is 8.23. The van der Waals surface area contributed by atoms with Crippen LogP contribution in [0.4, 0.5) is 5.69 Å². The van der Waals surface area contributed by atoms with E-state index in [2.05, 4.69) is 58.4 Å². The van der Waals surface area contributed by atoms with Crippen LogP contribution in [0.3, 0.4) is 0 Å². The van der Waals surface area contributed by atoms with Crippen molar-refractivity contribution in [2.75, 3.05) is 18.0 Å². The maximum Gasteiger partial charge on any atom is 0.124 e. The van der Waals surface area contributed by atoms with Crippen LogP contribution in [-0.4, -0.2) is 24.4 Å². The first kappa shape index (κ1) is 14.1. The summed E-state index contributed by atoms with van der Waals surface area (Å²) in [5, 5.41) is 1.23. The summed E-state index contributed by atoms with van der Waals surface area (Å²) < 4.78 is 0. The monoisotopic (exact) mass is 304 g/mol. The quantitative estimate of drug-likeness (QED) is 0.734. The Bertz CT molecular complexity index is 822. The Kier molecular flexibility index (Phi) is 3.62. The van der Waals surface area contributed by atoms with Crippen molar-refractivity contribution in [3.8, 4) is 11.3 Å². The van der Waals surface area contributed by atoms with Gasteiger partial charge in [-0.15, -0.1) is 0 Å². The number of H-pyrrole nitrogens is 1. The van der Waals surface area contributed by atoms with Crippen LogP contribution in [0.1, 0.15) is 12.8 Å². The molecule has 3 aromatic rings. The molecule has 0 spiro atoms. The molecular weight excluding hydrogens is 284 g/mol. The van der Waals surface area contributed by atoms with E-state index >= 15 is 0 Å².